The van der Waals surface area contributed by atoms with E-state index in [1.807, 2.05) is 0 Å². The van der Waals surface area contributed by atoms with Crippen molar-refractivity contribution in [3.63, 3.8) is 0 Å². The predicted octanol–water partition coefficient (Wildman–Crippen LogP) is 4.49. The molecule has 0 aliphatic rings. The van der Waals surface area contributed by atoms with Gasteiger partial charge < -0.3 is 0 Å². The van der Waals surface area contributed by atoms with Crippen molar-refractivity contribution in [2.24, 2.45) is 5.89 Å². The average Bonchev–Trinajstić information content (AvgIpc) is 2.65. The van der Waals surface area contributed by atoms with Crippen LogP contribution in [-0.2, 0) is 6.42 Å². The Bertz CT molecular complexity index is 1070. The second-order valence-corrected chi connectivity index (χ2v) is 10.7. The first-order valence-corrected chi connectivity index (χ1v) is 11.4. The van der Waals surface area contributed by atoms with Crippen molar-refractivity contribution in [1.82, 2.24) is 4.98 Å². The summed E-state index contributed by atoms with van der Waals surface area (Å²) in [4.78, 5) is 4.16. The Labute approximate surface area is 145 Å². The van der Waals surface area contributed by atoms with E-state index >= 15 is 0 Å². The van der Waals surface area contributed by atoms with Gasteiger partial charge in [0.2, 0.25) is 0 Å². The molecule has 2 rings (SSSR count). The molecule has 0 amide bonds. The summed E-state index contributed by atoms with van der Waals surface area (Å²) in [5.74, 6) is -0.894. The first-order valence-electron chi connectivity index (χ1n) is 13.1. The van der Waals surface area contributed by atoms with Gasteiger partial charge >= 0.3 is 144 Å². The maximum atomic E-state index is 8.38. The maximum absolute atomic E-state index is 8.38. The van der Waals surface area contributed by atoms with E-state index in [4.69, 9.17) is 19.2 Å². The summed E-state index contributed by atoms with van der Waals surface area (Å²) in [6, 6.07) is 0.669. The molecular weight excluding hydrogens is 303 g/mol. The van der Waals surface area contributed by atoms with Crippen molar-refractivity contribution >= 4 is 17.7 Å². The number of pyridine rings is 1. The van der Waals surface area contributed by atoms with Crippen LogP contribution in [0.3, 0.4) is 0 Å². The molecule has 2 aromatic rings. The van der Waals surface area contributed by atoms with Crippen LogP contribution in [0.5, 0.6) is 0 Å². The molecule has 0 spiro atoms. The summed E-state index contributed by atoms with van der Waals surface area (Å²) >= 11 is -5.05. The molecular formula is C18H25GeN. The second-order valence-electron chi connectivity index (χ2n) is 4.89. The van der Waals surface area contributed by atoms with Gasteiger partial charge in [0.05, 0.1) is 0 Å². The molecule has 1 aromatic heterocycles. The van der Waals surface area contributed by atoms with E-state index in [1.165, 1.54) is 11.8 Å². The molecule has 0 saturated heterocycles. The van der Waals surface area contributed by atoms with Gasteiger partial charge in [-0.1, -0.05) is 0 Å². The number of nitrogens with zero attached hydrogens (tertiary/aromatic N) is 1. The predicted molar refractivity (Wildman–Crippen MR) is 91.2 cm³/mol. The van der Waals surface area contributed by atoms with E-state index in [2.05, 4.69) is 4.98 Å². The van der Waals surface area contributed by atoms with E-state index < -0.39 is 61.9 Å². The molecule has 1 nitrogen and oxygen atoms in total. The molecule has 2 heteroatoms. The van der Waals surface area contributed by atoms with Crippen LogP contribution in [0, 0.1) is 5.89 Å². The van der Waals surface area contributed by atoms with Crippen molar-refractivity contribution in [1.29, 1.82) is 0 Å². The number of aromatic nitrogens is 1. The molecule has 0 bridgehead atoms. The number of rotatable bonds is 4. The van der Waals surface area contributed by atoms with Crippen LogP contribution in [0.2, 0.25) is 17.1 Å². The molecule has 0 N–H and O–H groups in total. The topological polar surface area (TPSA) is 12.9 Å². The Morgan fingerprint density at radius 2 is 2.25 bits per heavy atom. The molecule has 1 heterocycles. The third kappa shape index (κ3) is 3.72. The van der Waals surface area contributed by atoms with Crippen molar-refractivity contribution in [2.75, 3.05) is 0 Å². The molecule has 106 valence electrons. The van der Waals surface area contributed by atoms with Crippen LogP contribution in [0.25, 0.3) is 11.3 Å². The Morgan fingerprint density at radius 1 is 1.40 bits per heavy atom. The van der Waals surface area contributed by atoms with E-state index in [0.29, 0.717) is 0 Å². The van der Waals surface area contributed by atoms with Crippen molar-refractivity contribution < 1.29 is 19.2 Å². The van der Waals surface area contributed by atoms with Gasteiger partial charge in [-0.05, 0) is 0 Å². The fourth-order valence-electron chi connectivity index (χ4n) is 1.94. The summed E-state index contributed by atoms with van der Waals surface area (Å²) < 4.78 is 111. The van der Waals surface area contributed by atoms with Crippen LogP contribution in [-0.4, -0.2) is 18.3 Å². The van der Waals surface area contributed by atoms with Crippen LogP contribution in [0.1, 0.15) is 38.5 Å². The summed E-state index contributed by atoms with van der Waals surface area (Å²) in [7, 11) is 0. The van der Waals surface area contributed by atoms with Gasteiger partial charge in [-0.15, -0.1) is 0 Å². The van der Waals surface area contributed by atoms with Gasteiger partial charge in [-0.25, -0.2) is 0 Å². The Balaban J connectivity index is 2.92. The zero-order chi connectivity index (χ0) is 26.7. The van der Waals surface area contributed by atoms with Crippen LogP contribution < -0.4 is 4.40 Å². The third-order valence-corrected chi connectivity index (χ3v) is 6.01. The van der Waals surface area contributed by atoms with Gasteiger partial charge in [-0.2, -0.15) is 0 Å². The molecule has 0 aliphatic heterocycles. The zero-order valence-electron chi connectivity index (χ0n) is 25.4. The second kappa shape index (κ2) is 6.13. The summed E-state index contributed by atoms with van der Waals surface area (Å²) in [5.41, 5.74) is -5.74. The van der Waals surface area contributed by atoms with Gasteiger partial charge in [-0.3, -0.25) is 0 Å². The Kier molecular flexibility index (Phi) is 1.62. The quantitative estimate of drug-likeness (QED) is 0.746. The SMILES string of the molecule is [2H]c1cc(-c2cc(CC([2H])(C)C([2H])([2H])[2H])[c]([Ge]([CH3])([C]([2H])([2H])[2H])[C]([2H])([2H])[2H])cn2)c([2H])c([2H])c1[2H]. The van der Waals surface area contributed by atoms with Gasteiger partial charge in [0.15, 0.2) is 0 Å². The average molecular weight is 342 g/mol. The van der Waals surface area contributed by atoms with Gasteiger partial charge in [0.25, 0.3) is 0 Å². The molecule has 1 aromatic carbocycles. The minimum absolute atomic E-state index is 0.00655. The molecule has 0 saturated carbocycles. The summed E-state index contributed by atoms with van der Waals surface area (Å²) in [5, 5.41) is 0. The van der Waals surface area contributed by atoms with Crippen molar-refractivity contribution in [3.05, 3.63) is 48.1 Å². The normalized spacial score (nSPS) is 26.9. The minimum atomic E-state index is -5.05. The first-order chi connectivity index (χ1) is 15.1. The van der Waals surface area contributed by atoms with E-state index in [9.17, 15) is 0 Å². The van der Waals surface area contributed by atoms with Crippen LogP contribution >= 0.6 is 0 Å². The Morgan fingerprint density at radius 3 is 3.00 bits per heavy atom. The Hall–Kier alpha value is -1.09. The molecule has 0 aliphatic carbocycles. The molecule has 0 fully saturated rings. The number of hydrogen-bond acceptors (Lipinski definition) is 1. The van der Waals surface area contributed by atoms with E-state index in [1.54, 1.807) is 0 Å². The van der Waals surface area contributed by atoms with Crippen molar-refractivity contribution in [2.45, 2.75) is 37.3 Å². The fourth-order valence-corrected chi connectivity index (χ4v) is 4.30. The van der Waals surface area contributed by atoms with E-state index in [-0.39, 0.29) is 27.3 Å². The zero-order valence-corrected chi connectivity index (χ0v) is 13.5. The standard InChI is InChI=1S/C18H25GeN/c1-14(2)11-16-12-18(15-9-7-6-8-10-15)20-13-17(16)19(3,4)5/h6-10,12-14H,11H2,1-5H3/i1D3,3D3,4D3,6D,7D,8D,9D,14D. The molecule has 1 unspecified atom stereocenters. The molecule has 1 atom stereocenters. The third-order valence-electron chi connectivity index (χ3n) is 2.81. The fraction of sp³-hybridized carbons (Fsp3) is 0.389. The van der Waals surface area contributed by atoms with Crippen LogP contribution in [0.15, 0.2) is 42.5 Å². The summed E-state index contributed by atoms with van der Waals surface area (Å²) in [6.07, 6.45) is 0.562. The molecule has 0 radical (unpaired) electrons. The summed E-state index contributed by atoms with van der Waals surface area (Å²) in [6.45, 7) is -1.62. The number of hydrogen-bond donors (Lipinski definition) is 0. The monoisotopic (exact) mass is 343 g/mol. The van der Waals surface area contributed by atoms with Crippen LogP contribution in [0.4, 0.5) is 0 Å². The van der Waals surface area contributed by atoms with Crippen molar-refractivity contribution in [3.8, 4) is 11.3 Å². The number of benzene rings is 1. The van der Waals surface area contributed by atoms with Gasteiger partial charge in [0.1, 0.15) is 0 Å². The first kappa shape index (κ1) is 5.28. The molecule has 20 heavy (non-hydrogen) atoms. The van der Waals surface area contributed by atoms with E-state index in [0.717, 1.165) is 19.2 Å². The van der Waals surface area contributed by atoms with Gasteiger partial charge in [0, 0.05) is 0 Å².